The monoisotopic (exact) mass is 427 g/mol. The standard InChI is InChI=1S/C25H25N5O2/c1-29-11-13-30(14-12-29)18-7-5-17(6-8-18)23-24-21(27-28-23)10-9-20(26-24)19-3-2-4-22-25(19)32-16-15-31-22/h2-10H,11-16H2,1H3,(H,27,28). The average Bonchev–Trinajstić information content (AvgIpc) is 3.28. The van der Waals surface area contributed by atoms with E-state index < -0.39 is 0 Å². The number of likely N-dealkylation sites (N-methyl/N-ethyl adjacent to an activating group) is 1. The zero-order chi connectivity index (χ0) is 21.5. The number of aromatic nitrogens is 3. The molecule has 2 aromatic carbocycles. The maximum Gasteiger partial charge on any atom is 0.170 e. The number of H-pyrrole nitrogens is 1. The van der Waals surface area contributed by atoms with E-state index in [-0.39, 0.29) is 0 Å². The first-order chi connectivity index (χ1) is 15.8. The molecule has 6 rings (SSSR count). The number of nitrogens with one attached hydrogen (secondary N) is 1. The van der Waals surface area contributed by atoms with Crippen molar-refractivity contribution in [1.82, 2.24) is 20.1 Å². The van der Waals surface area contributed by atoms with E-state index in [9.17, 15) is 0 Å². The number of benzene rings is 2. The fraction of sp³-hybridized carbons (Fsp3) is 0.280. The largest absolute Gasteiger partial charge is 0.486 e. The van der Waals surface area contributed by atoms with Crippen LogP contribution >= 0.6 is 0 Å². The van der Waals surface area contributed by atoms with Crippen LogP contribution in [0.4, 0.5) is 5.69 Å². The summed E-state index contributed by atoms with van der Waals surface area (Å²) in [6, 6.07) is 18.6. The molecule has 1 saturated heterocycles. The van der Waals surface area contributed by atoms with Gasteiger partial charge in [0.2, 0.25) is 0 Å². The lowest BCUT2D eigenvalue weighted by Gasteiger charge is -2.34. The molecule has 32 heavy (non-hydrogen) atoms. The highest BCUT2D eigenvalue weighted by atomic mass is 16.6. The number of para-hydroxylation sites is 1. The minimum atomic E-state index is 0.545. The third-order valence-corrected chi connectivity index (χ3v) is 6.26. The third kappa shape index (κ3) is 3.35. The average molecular weight is 428 g/mol. The van der Waals surface area contributed by atoms with Gasteiger partial charge in [0, 0.05) is 43.0 Å². The summed E-state index contributed by atoms with van der Waals surface area (Å²) in [5.41, 5.74) is 6.70. The van der Waals surface area contributed by atoms with Gasteiger partial charge in [0.15, 0.2) is 11.5 Å². The van der Waals surface area contributed by atoms with Crippen molar-refractivity contribution in [3.63, 3.8) is 0 Å². The second-order valence-corrected chi connectivity index (χ2v) is 8.33. The van der Waals surface area contributed by atoms with Gasteiger partial charge in [-0.25, -0.2) is 4.98 Å². The van der Waals surface area contributed by atoms with E-state index in [1.807, 2.05) is 30.3 Å². The van der Waals surface area contributed by atoms with Gasteiger partial charge in [0.1, 0.15) is 24.4 Å². The lowest BCUT2D eigenvalue weighted by atomic mass is 10.1. The number of nitrogens with zero attached hydrogens (tertiary/aromatic N) is 4. The van der Waals surface area contributed by atoms with Gasteiger partial charge >= 0.3 is 0 Å². The highest BCUT2D eigenvalue weighted by Gasteiger charge is 2.19. The Balaban J connectivity index is 1.35. The minimum absolute atomic E-state index is 0.545. The molecule has 1 fully saturated rings. The Kier molecular flexibility index (Phi) is 4.69. The molecule has 2 aromatic heterocycles. The number of fused-ring (bicyclic) bond motifs is 2. The number of rotatable bonds is 3. The minimum Gasteiger partial charge on any atom is -0.486 e. The van der Waals surface area contributed by atoms with Gasteiger partial charge in [-0.1, -0.05) is 18.2 Å². The summed E-state index contributed by atoms with van der Waals surface area (Å²) in [6.45, 7) is 5.41. The highest BCUT2D eigenvalue weighted by molar-refractivity contribution is 5.91. The molecule has 162 valence electrons. The number of piperazine rings is 1. The number of aromatic amines is 1. The van der Waals surface area contributed by atoms with Crippen molar-refractivity contribution in [2.45, 2.75) is 0 Å². The van der Waals surface area contributed by atoms with E-state index in [4.69, 9.17) is 14.5 Å². The lowest BCUT2D eigenvalue weighted by Crippen LogP contribution is -2.44. The van der Waals surface area contributed by atoms with Gasteiger partial charge in [-0.05, 0) is 43.4 Å². The first-order valence-electron chi connectivity index (χ1n) is 11.0. The van der Waals surface area contributed by atoms with Gasteiger partial charge < -0.3 is 19.3 Å². The van der Waals surface area contributed by atoms with Crippen LogP contribution in [0, 0.1) is 0 Å². The zero-order valence-electron chi connectivity index (χ0n) is 18.0. The van der Waals surface area contributed by atoms with Gasteiger partial charge in [-0.3, -0.25) is 5.10 Å². The Morgan fingerprint density at radius 3 is 2.53 bits per heavy atom. The van der Waals surface area contributed by atoms with E-state index >= 15 is 0 Å². The van der Waals surface area contributed by atoms with Crippen LogP contribution in [0.15, 0.2) is 54.6 Å². The second-order valence-electron chi connectivity index (χ2n) is 8.33. The van der Waals surface area contributed by atoms with Crippen LogP contribution in [0.25, 0.3) is 33.5 Å². The number of hydrogen-bond acceptors (Lipinski definition) is 6. The molecule has 0 unspecified atom stereocenters. The maximum absolute atomic E-state index is 5.90. The van der Waals surface area contributed by atoms with E-state index in [1.54, 1.807) is 0 Å². The van der Waals surface area contributed by atoms with Crippen molar-refractivity contribution < 1.29 is 9.47 Å². The Bertz CT molecular complexity index is 1260. The fourth-order valence-corrected chi connectivity index (χ4v) is 4.42. The summed E-state index contributed by atoms with van der Waals surface area (Å²) in [7, 11) is 2.18. The molecule has 1 N–H and O–H groups in total. The molecule has 4 heterocycles. The molecule has 0 saturated carbocycles. The van der Waals surface area contributed by atoms with Crippen molar-refractivity contribution in [3.05, 3.63) is 54.6 Å². The lowest BCUT2D eigenvalue weighted by molar-refractivity contribution is 0.172. The zero-order valence-corrected chi connectivity index (χ0v) is 18.0. The van der Waals surface area contributed by atoms with Crippen LogP contribution in [-0.4, -0.2) is 66.5 Å². The van der Waals surface area contributed by atoms with Crippen LogP contribution in [0.1, 0.15) is 0 Å². The van der Waals surface area contributed by atoms with Gasteiger partial charge in [-0.15, -0.1) is 0 Å². The molecule has 0 aliphatic carbocycles. The van der Waals surface area contributed by atoms with Crippen molar-refractivity contribution in [2.75, 3.05) is 51.3 Å². The molecule has 7 heteroatoms. The van der Waals surface area contributed by atoms with Crippen molar-refractivity contribution in [3.8, 4) is 34.0 Å². The first kappa shape index (κ1) is 19.1. The normalized spacial score (nSPS) is 16.5. The quantitative estimate of drug-likeness (QED) is 0.536. The summed E-state index contributed by atoms with van der Waals surface area (Å²) >= 11 is 0. The summed E-state index contributed by atoms with van der Waals surface area (Å²) in [5.74, 6) is 1.52. The number of pyridine rings is 1. The number of hydrogen-bond donors (Lipinski definition) is 1. The summed E-state index contributed by atoms with van der Waals surface area (Å²) in [6.07, 6.45) is 0. The topological polar surface area (TPSA) is 66.5 Å². The summed E-state index contributed by atoms with van der Waals surface area (Å²) in [5, 5.41) is 7.70. The Hall–Kier alpha value is -3.58. The predicted molar refractivity (Wildman–Crippen MR) is 125 cm³/mol. The third-order valence-electron chi connectivity index (χ3n) is 6.26. The molecule has 7 nitrogen and oxygen atoms in total. The van der Waals surface area contributed by atoms with Crippen LogP contribution in [-0.2, 0) is 0 Å². The highest BCUT2D eigenvalue weighted by Crippen LogP contribution is 2.40. The SMILES string of the molecule is CN1CCN(c2ccc(-c3n[nH]c4ccc(-c5cccc6c5OCCO6)nc34)cc2)CC1. The number of anilines is 1. The van der Waals surface area contributed by atoms with Gasteiger partial charge in [-0.2, -0.15) is 5.10 Å². The van der Waals surface area contributed by atoms with Gasteiger partial charge in [0.05, 0.1) is 11.2 Å². The summed E-state index contributed by atoms with van der Waals surface area (Å²) < 4.78 is 11.6. The van der Waals surface area contributed by atoms with E-state index in [2.05, 4.69) is 51.3 Å². The molecule has 0 atom stereocenters. The van der Waals surface area contributed by atoms with Crippen LogP contribution < -0.4 is 14.4 Å². The predicted octanol–water partition coefficient (Wildman–Crippen LogP) is 3.81. The molecule has 0 spiro atoms. The second kappa shape index (κ2) is 7.84. The fourth-order valence-electron chi connectivity index (χ4n) is 4.42. The Morgan fingerprint density at radius 2 is 1.69 bits per heavy atom. The summed E-state index contributed by atoms with van der Waals surface area (Å²) in [4.78, 5) is 9.77. The van der Waals surface area contributed by atoms with Crippen molar-refractivity contribution in [2.24, 2.45) is 0 Å². The molecular formula is C25H25N5O2. The van der Waals surface area contributed by atoms with Crippen molar-refractivity contribution >= 4 is 16.7 Å². The Morgan fingerprint density at radius 1 is 0.875 bits per heavy atom. The van der Waals surface area contributed by atoms with Crippen LogP contribution in [0.2, 0.25) is 0 Å². The number of ether oxygens (including phenoxy) is 2. The first-order valence-corrected chi connectivity index (χ1v) is 11.0. The van der Waals surface area contributed by atoms with E-state index in [0.717, 1.165) is 71.2 Å². The smallest absolute Gasteiger partial charge is 0.170 e. The van der Waals surface area contributed by atoms with Crippen LogP contribution in [0.3, 0.4) is 0 Å². The maximum atomic E-state index is 5.90. The molecule has 2 aliphatic rings. The van der Waals surface area contributed by atoms with Crippen molar-refractivity contribution in [1.29, 1.82) is 0 Å². The molecule has 2 aliphatic heterocycles. The van der Waals surface area contributed by atoms with Gasteiger partial charge in [0.25, 0.3) is 0 Å². The van der Waals surface area contributed by atoms with Crippen LogP contribution in [0.5, 0.6) is 11.5 Å². The molecule has 0 bridgehead atoms. The molecule has 0 amide bonds. The Labute approximate surface area is 186 Å². The molecule has 4 aromatic rings. The van der Waals surface area contributed by atoms with E-state index in [1.165, 1.54) is 5.69 Å². The van der Waals surface area contributed by atoms with E-state index in [0.29, 0.717) is 13.2 Å². The molecule has 0 radical (unpaired) electrons. The molecular weight excluding hydrogens is 402 g/mol.